The fraction of sp³-hybridized carbons (Fsp3) is 0.211. The van der Waals surface area contributed by atoms with E-state index in [0.717, 1.165) is 10.2 Å². The number of benzene rings is 2. The van der Waals surface area contributed by atoms with E-state index in [-0.39, 0.29) is 11.0 Å². The molecule has 0 fully saturated rings. The van der Waals surface area contributed by atoms with E-state index in [1.807, 2.05) is 18.2 Å². The Morgan fingerprint density at radius 1 is 1.26 bits per heavy atom. The van der Waals surface area contributed by atoms with E-state index < -0.39 is 0 Å². The summed E-state index contributed by atoms with van der Waals surface area (Å²) in [5, 5.41) is 6.85. The van der Waals surface area contributed by atoms with E-state index in [1.165, 1.54) is 16.9 Å². The number of amides is 1. The number of methoxy groups -OCH3 is 1. The molecule has 5 nitrogen and oxygen atoms in total. The number of hydrogen-bond acceptors (Lipinski definition) is 5. The number of fused-ring (bicyclic) bond motifs is 1. The number of halogens is 1. The lowest BCUT2D eigenvalue weighted by Gasteiger charge is -2.09. The zero-order valence-corrected chi connectivity index (χ0v) is 17.4. The second-order valence-corrected chi connectivity index (χ2v) is 8.00. The highest BCUT2D eigenvalue weighted by Crippen LogP contribution is 2.34. The van der Waals surface area contributed by atoms with Gasteiger partial charge in [-0.1, -0.05) is 48.9 Å². The largest absolute Gasteiger partial charge is 0.495 e. The molecule has 0 aliphatic carbocycles. The van der Waals surface area contributed by atoms with Crippen LogP contribution in [0, 0.1) is 0 Å². The number of carbonyl (C=O) groups is 1. The monoisotopic (exact) mass is 419 g/mol. The molecule has 1 aromatic heterocycles. The Balaban J connectivity index is 1.68. The number of carbonyl (C=O) groups excluding carboxylic acids is 1. The predicted molar refractivity (Wildman–Crippen MR) is 115 cm³/mol. The number of ether oxygens (including phenoxy) is 1. The first kappa shape index (κ1) is 19.5. The third-order valence-corrected chi connectivity index (χ3v) is 5.38. The lowest BCUT2D eigenvalue weighted by molar-refractivity contribution is 0.0977. The smallest absolute Gasteiger partial charge is 0.257 e. The molecule has 0 radical (unpaired) electrons. The number of thiocarbonyl (C=S) groups is 1. The van der Waals surface area contributed by atoms with Crippen LogP contribution in [0.5, 0.6) is 5.75 Å². The highest BCUT2D eigenvalue weighted by molar-refractivity contribution is 7.80. The van der Waals surface area contributed by atoms with Gasteiger partial charge in [-0.25, -0.2) is 4.98 Å². The van der Waals surface area contributed by atoms with Gasteiger partial charge in [-0.05, 0) is 41.9 Å². The van der Waals surface area contributed by atoms with E-state index >= 15 is 0 Å². The highest BCUT2D eigenvalue weighted by Gasteiger charge is 2.12. The number of aromatic nitrogens is 1. The van der Waals surface area contributed by atoms with Crippen molar-refractivity contribution in [2.45, 2.75) is 19.8 Å². The summed E-state index contributed by atoms with van der Waals surface area (Å²) in [6.07, 6.45) is 0. The Labute approximate surface area is 171 Å². The molecular formula is C19H18ClN3O2S2. The van der Waals surface area contributed by atoms with Crippen molar-refractivity contribution in [2.75, 3.05) is 12.4 Å². The van der Waals surface area contributed by atoms with Gasteiger partial charge in [0.15, 0.2) is 10.2 Å². The first-order chi connectivity index (χ1) is 12.9. The van der Waals surface area contributed by atoms with Gasteiger partial charge in [0.1, 0.15) is 5.75 Å². The summed E-state index contributed by atoms with van der Waals surface area (Å²) in [7, 11) is 1.56. The highest BCUT2D eigenvalue weighted by atomic mass is 35.5. The Hall–Kier alpha value is -2.22. The van der Waals surface area contributed by atoms with Gasteiger partial charge in [0.05, 0.1) is 22.3 Å². The zero-order chi connectivity index (χ0) is 19.6. The van der Waals surface area contributed by atoms with Crippen LogP contribution in [0.25, 0.3) is 10.2 Å². The van der Waals surface area contributed by atoms with Gasteiger partial charge in [-0.2, -0.15) is 0 Å². The van der Waals surface area contributed by atoms with Crippen molar-refractivity contribution in [1.82, 2.24) is 10.3 Å². The minimum atomic E-state index is -0.270. The molecule has 0 aliphatic rings. The lowest BCUT2D eigenvalue weighted by Crippen LogP contribution is -2.34. The van der Waals surface area contributed by atoms with Gasteiger partial charge in [0.25, 0.3) is 5.91 Å². The van der Waals surface area contributed by atoms with Crippen LogP contribution >= 0.6 is 35.2 Å². The third kappa shape index (κ3) is 4.55. The van der Waals surface area contributed by atoms with Crippen molar-refractivity contribution in [3.8, 4) is 5.75 Å². The number of hydrogen-bond donors (Lipinski definition) is 2. The second-order valence-electron chi connectivity index (χ2n) is 6.16. The van der Waals surface area contributed by atoms with Crippen LogP contribution in [0.3, 0.4) is 0 Å². The van der Waals surface area contributed by atoms with Gasteiger partial charge in [0, 0.05) is 11.6 Å². The number of nitrogens with zero attached hydrogens (tertiary/aromatic N) is 1. The SMILES string of the molecule is COc1cc2sc(NC(=S)NC(=O)c3ccc(C(C)C)cc3)nc2cc1Cl. The van der Waals surface area contributed by atoms with E-state index in [9.17, 15) is 4.79 Å². The summed E-state index contributed by atoms with van der Waals surface area (Å²) in [5.74, 6) is 0.727. The zero-order valence-electron chi connectivity index (χ0n) is 15.0. The van der Waals surface area contributed by atoms with Crippen molar-refractivity contribution in [1.29, 1.82) is 0 Å². The molecule has 0 bridgehead atoms. The van der Waals surface area contributed by atoms with Gasteiger partial charge in [-0.3, -0.25) is 10.1 Å². The molecule has 3 aromatic rings. The Morgan fingerprint density at radius 2 is 1.96 bits per heavy atom. The molecule has 1 amide bonds. The van der Waals surface area contributed by atoms with E-state index in [2.05, 4.69) is 29.5 Å². The van der Waals surface area contributed by atoms with Crippen molar-refractivity contribution < 1.29 is 9.53 Å². The maximum Gasteiger partial charge on any atom is 0.257 e. The van der Waals surface area contributed by atoms with Crippen LogP contribution < -0.4 is 15.4 Å². The Kier molecular flexibility index (Phi) is 5.94. The van der Waals surface area contributed by atoms with Crippen LogP contribution in [-0.4, -0.2) is 23.1 Å². The van der Waals surface area contributed by atoms with Crippen molar-refractivity contribution in [3.05, 3.63) is 52.5 Å². The summed E-state index contributed by atoms with van der Waals surface area (Å²) in [4.78, 5) is 16.8. The second kappa shape index (κ2) is 8.21. The fourth-order valence-corrected chi connectivity index (χ4v) is 3.83. The molecule has 0 atom stereocenters. The molecule has 0 saturated heterocycles. The summed E-state index contributed by atoms with van der Waals surface area (Å²) in [6, 6.07) is 11.0. The first-order valence-electron chi connectivity index (χ1n) is 8.23. The molecule has 27 heavy (non-hydrogen) atoms. The standard InChI is InChI=1S/C19H18ClN3O2S2/c1-10(2)11-4-6-12(7-5-11)17(24)22-18(26)23-19-21-14-8-13(20)15(25-3)9-16(14)27-19/h4-10H,1-3H3,(H2,21,22,23,24,26). The van der Waals surface area contributed by atoms with Gasteiger partial charge < -0.3 is 10.1 Å². The number of anilines is 1. The Bertz CT molecular complexity index is 1000. The lowest BCUT2D eigenvalue weighted by atomic mass is 10.0. The van der Waals surface area contributed by atoms with E-state index in [4.69, 9.17) is 28.6 Å². The van der Waals surface area contributed by atoms with Crippen LogP contribution in [0.4, 0.5) is 5.13 Å². The minimum absolute atomic E-state index is 0.185. The van der Waals surface area contributed by atoms with E-state index in [0.29, 0.717) is 27.4 Å². The van der Waals surface area contributed by atoms with Crippen molar-refractivity contribution in [3.63, 3.8) is 0 Å². The molecule has 8 heteroatoms. The van der Waals surface area contributed by atoms with Crippen LogP contribution in [0.2, 0.25) is 5.02 Å². The number of thiazole rings is 1. The van der Waals surface area contributed by atoms with Gasteiger partial charge in [0.2, 0.25) is 0 Å². The molecule has 3 rings (SSSR count). The normalized spacial score (nSPS) is 10.9. The van der Waals surface area contributed by atoms with Gasteiger partial charge >= 0.3 is 0 Å². The maximum atomic E-state index is 12.3. The topological polar surface area (TPSA) is 63.2 Å². The molecule has 1 heterocycles. The molecule has 140 valence electrons. The maximum absolute atomic E-state index is 12.3. The molecule has 0 unspecified atom stereocenters. The molecular weight excluding hydrogens is 402 g/mol. The molecule has 2 N–H and O–H groups in total. The van der Waals surface area contributed by atoms with Crippen LogP contribution in [0.1, 0.15) is 35.7 Å². The fourth-order valence-electron chi connectivity index (χ4n) is 2.46. The number of rotatable bonds is 4. The van der Waals surface area contributed by atoms with E-state index in [1.54, 1.807) is 25.3 Å². The molecule has 0 aliphatic heterocycles. The first-order valence-corrected chi connectivity index (χ1v) is 9.84. The van der Waals surface area contributed by atoms with Crippen LogP contribution in [0.15, 0.2) is 36.4 Å². The third-order valence-electron chi connectivity index (χ3n) is 3.95. The molecule has 0 saturated carbocycles. The summed E-state index contributed by atoms with van der Waals surface area (Å²) in [5.41, 5.74) is 2.45. The number of nitrogens with one attached hydrogen (secondary N) is 2. The molecule has 0 spiro atoms. The van der Waals surface area contributed by atoms with Crippen LogP contribution in [-0.2, 0) is 0 Å². The average Bonchev–Trinajstić information content (AvgIpc) is 3.01. The average molecular weight is 420 g/mol. The minimum Gasteiger partial charge on any atom is -0.495 e. The van der Waals surface area contributed by atoms with Gasteiger partial charge in [-0.15, -0.1) is 0 Å². The Morgan fingerprint density at radius 3 is 2.59 bits per heavy atom. The van der Waals surface area contributed by atoms with Crippen molar-refractivity contribution >= 4 is 61.5 Å². The summed E-state index contributed by atoms with van der Waals surface area (Å²) in [6.45, 7) is 4.21. The summed E-state index contributed by atoms with van der Waals surface area (Å²) < 4.78 is 6.11. The molecule has 2 aromatic carbocycles. The van der Waals surface area contributed by atoms with Crippen molar-refractivity contribution in [2.24, 2.45) is 0 Å². The predicted octanol–water partition coefficient (Wildman–Crippen LogP) is 5.21. The summed E-state index contributed by atoms with van der Waals surface area (Å²) >= 11 is 12.7. The quantitative estimate of drug-likeness (QED) is 0.568.